The molecule has 0 spiro atoms. The second kappa shape index (κ2) is 7.56. The van der Waals surface area contributed by atoms with Crippen molar-refractivity contribution in [2.24, 2.45) is 5.41 Å². The standard InChI is InChI=1S/C25H27N3O2/c1-15-8-10-17(11-9-15)22-21(24(30)28-20-7-5-6-12-26-20)16(2)27-18-13-25(3,4)14-19(29)23(18)22/h5-12,22,27H,13-14H2,1-4H3,(H,26,28,30). The topological polar surface area (TPSA) is 71.1 Å². The Morgan fingerprint density at radius 1 is 1.10 bits per heavy atom. The number of carbonyl (C=O) groups is 2. The minimum absolute atomic E-state index is 0.102. The van der Waals surface area contributed by atoms with Crippen molar-refractivity contribution < 1.29 is 9.59 Å². The molecule has 1 aliphatic heterocycles. The van der Waals surface area contributed by atoms with Crippen LogP contribution >= 0.6 is 0 Å². The van der Waals surface area contributed by atoms with Crippen LogP contribution in [0.4, 0.5) is 5.82 Å². The maximum atomic E-state index is 13.4. The number of hydrogen-bond donors (Lipinski definition) is 2. The van der Waals surface area contributed by atoms with Crippen molar-refractivity contribution in [3.63, 3.8) is 0 Å². The number of dihydropyridines is 1. The third-order valence-electron chi connectivity index (χ3n) is 5.80. The van der Waals surface area contributed by atoms with Crippen molar-refractivity contribution in [2.45, 2.75) is 46.5 Å². The van der Waals surface area contributed by atoms with E-state index < -0.39 is 5.92 Å². The number of nitrogens with one attached hydrogen (secondary N) is 2. The van der Waals surface area contributed by atoms with E-state index in [0.29, 0.717) is 17.8 Å². The number of benzene rings is 1. The summed E-state index contributed by atoms with van der Waals surface area (Å²) in [6.07, 6.45) is 2.90. The van der Waals surface area contributed by atoms with Gasteiger partial charge in [0.05, 0.1) is 0 Å². The van der Waals surface area contributed by atoms with Crippen molar-refractivity contribution in [3.05, 3.63) is 82.3 Å². The van der Waals surface area contributed by atoms with Gasteiger partial charge in [0.1, 0.15) is 5.82 Å². The summed E-state index contributed by atoms with van der Waals surface area (Å²) < 4.78 is 0. The molecule has 0 saturated carbocycles. The SMILES string of the molecule is CC1=C(C(=O)Nc2ccccn2)C(c2ccc(C)cc2)C2=C(CC(C)(C)CC2=O)N1. The Kier molecular flexibility index (Phi) is 5.06. The molecule has 0 radical (unpaired) electrons. The molecule has 2 aromatic rings. The van der Waals surface area contributed by atoms with Gasteiger partial charge in [-0.05, 0) is 43.4 Å². The molecule has 4 rings (SSSR count). The zero-order chi connectivity index (χ0) is 21.5. The van der Waals surface area contributed by atoms with Gasteiger partial charge >= 0.3 is 0 Å². The van der Waals surface area contributed by atoms with Crippen molar-refractivity contribution in [2.75, 3.05) is 5.32 Å². The van der Waals surface area contributed by atoms with Gasteiger partial charge in [-0.15, -0.1) is 0 Å². The molecule has 5 nitrogen and oxygen atoms in total. The van der Waals surface area contributed by atoms with Gasteiger partial charge in [0.2, 0.25) is 0 Å². The number of pyridine rings is 1. The first-order valence-electron chi connectivity index (χ1n) is 10.3. The van der Waals surface area contributed by atoms with E-state index in [4.69, 9.17) is 0 Å². The highest BCUT2D eigenvalue weighted by Gasteiger charge is 2.42. The number of nitrogens with zero attached hydrogens (tertiary/aromatic N) is 1. The largest absolute Gasteiger partial charge is 0.362 e. The zero-order valence-electron chi connectivity index (χ0n) is 17.9. The molecule has 1 aromatic heterocycles. The average molecular weight is 402 g/mol. The maximum absolute atomic E-state index is 13.4. The molecule has 2 N–H and O–H groups in total. The molecule has 5 heteroatoms. The van der Waals surface area contributed by atoms with Crippen LogP contribution in [0.1, 0.15) is 50.7 Å². The van der Waals surface area contributed by atoms with Crippen molar-refractivity contribution in [3.8, 4) is 0 Å². The highest BCUT2D eigenvalue weighted by molar-refractivity contribution is 6.09. The lowest BCUT2D eigenvalue weighted by Gasteiger charge is -2.39. The highest BCUT2D eigenvalue weighted by Crippen LogP contribution is 2.46. The van der Waals surface area contributed by atoms with E-state index in [2.05, 4.69) is 29.5 Å². The van der Waals surface area contributed by atoms with Gasteiger partial charge in [0, 0.05) is 41.1 Å². The Balaban J connectivity index is 1.81. The summed E-state index contributed by atoms with van der Waals surface area (Å²) in [5, 5.41) is 6.29. The van der Waals surface area contributed by atoms with Crippen molar-refractivity contribution in [1.82, 2.24) is 10.3 Å². The molecule has 1 atom stereocenters. The van der Waals surface area contributed by atoms with E-state index in [1.54, 1.807) is 18.3 Å². The highest BCUT2D eigenvalue weighted by atomic mass is 16.2. The van der Waals surface area contributed by atoms with Crippen LogP contribution in [-0.4, -0.2) is 16.7 Å². The van der Waals surface area contributed by atoms with Gasteiger partial charge in [-0.1, -0.05) is 49.7 Å². The van der Waals surface area contributed by atoms with Gasteiger partial charge < -0.3 is 10.6 Å². The fraction of sp³-hybridized carbons (Fsp3) is 0.320. The average Bonchev–Trinajstić information content (AvgIpc) is 2.67. The molecule has 1 aliphatic carbocycles. The molecule has 1 amide bonds. The number of Topliss-reactive ketones (excluding diaryl/α,β-unsaturated/α-hetero) is 1. The minimum atomic E-state index is -0.394. The van der Waals surface area contributed by atoms with Crippen LogP contribution in [0, 0.1) is 12.3 Å². The molecule has 154 valence electrons. The van der Waals surface area contributed by atoms with Crippen LogP contribution in [0.25, 0.3) is 0 Å². The molecule has 0 fully saturated rings. The smallest absolute Gasteiger partial charge is 0.255 e. The van der Waals surface area contributed by atoms with E-state index in [9.17, 15) is 9.59 Å². The number of carbonyl (C=O) groups excluding carboxylic acids is 2. The summed E-state index contributed by atoms with van der Waals surface area (Å²) in [7, 11) is 0. The molecule has 2 heterocycles. The van der Waals surface area contributed by atoms with Gasteiger partial charge in [-0.3, -0.25) is 9.59 Å². The molecule has 30 heavy (non-hydrogen) atoms. The number of anilines is 1. The van der Waals surface area contributed by atoms with Crippen LogP contribution in [0.2, 0.25) is 0 Å². The number of aromatic nitrogens is 1. The Labute approximate surface area is 177 Å². The summed E-state index contributed by atoms with van der Waals surface area (Å²) in [5.41, 5.74) is 4.99. The number of ketones is 1. The second-order valence-electron chi connectivity index (χ2n) is 9.01. The van der Waals surface area contributed by atoms with Gasteiger partial charge in [-0.2, -0.15) is 0 Å². The Morgan fingerprint density at radius 2 is 1.83 bits per heavy atom. The summed E-state index contributed by atoms with van der Waals surface area (Å²) >= 11 is 0. The van der Waals surface area contributed by atoms with Crippen LogP contribution in [0.3, 0.4) is 0 Å². The molecule has 0 saturated heterocycles. The van der Waals surface area contributed by atoms with Gasteiger partial charge in [0.25, 0.3) is 5.91 Å². The lowest BCUT2D eigenvalue weighted by Crippen LogP contribution is -2.39. The number of aryl methyl sites for hydroxylation is 1. The summed E-state index contributed by atoms with van der Waals surface area (Å²) in [6.45, 7) is 8.16. The number of amides is 1. The van der Waals surface area contributed by atoms with Crippen LogP contribution < -0.4 is 10.6 Å². The number of hydrogen-bond acceptors (Lipinski definition) is 4. The maximum Gasteiger partial charge on any atom is 0.255 e. The van der Waals surface area contributed by atoms with Crippen LogP contribution in [0.5, 0.6) is 0 Å². The second-order valence-corrected chi connectivity index (χ2v) is 9.01. The molecule has 2 aliphatic rings. The van der Waals surface area contributed by atoms with Gasteiger partial charge in [-0.25, -0.2) is 4.98 Å². The van der Waals surface area contributed by atoms with Gasteiger partial charge in [0.15, 0.2) is 5.78 Å². The van der Waals surface area contributed by atoms with E-state index in [1.165, 1.54) is 0 Å². The summed E-state index contributed by atoms with van der Waals surface area (Å²) in [5.74, 6) is -0.0427. The first-order chi connectivity index (χ1) is 14.2. The fourth-order valence-electron chi connectivity index (χ4n) is 4.45. The lowest BCUT2D eigenvalue weighted by molar-refractivity contribution is -0.118. The van der Waals surface area contributed by atoms with Crippen molar-refractivity contribution in [1.29, 1.82) is 0 Å². The quantitative estimate of drug-likeness (QED) is 0.786. The number of rotatable bonds is 3. The first kappa shape index (κ1) is 20.1. The number of allylic oxidation sites excluding steroid dienone is 3. The zero-order valence-corrected chi connectivity index (χ0v) is 17.9. The molecule has 1 unspecified atom stereocenters. The fourth-order valence-corrected chi connectivity index (χ4v) is 4.45. The lowest BCUT2D eigenvalue weighted by atomic mass is 9.68. The normalized spacial score (nSPS) is 20.5. The molecule has 0 bridgehead atoms. The third kappa shape index (κ3) is 3.80. The molecular weight excluding hydrogens is 374 g/mol. The Hall–Kier alpha value is -3.21. The van der Waals surface area contributed by atoms with E-state index in [-0.39, 0.29) is 17.1 Å². The van der Waals surface area contributed by atoms with E-state index in [0.717, 1.165) is 34.5 Å². The van der Waals surface area contributed by atoms with E-state index in [1.807, 2.05) is 44.2 Å². The first-order valence-corrected chi connectivity index (χ1v) is 10.3. The minimum Gasteiger partial charge on any atom is -0.362 e. The van der Waals surface area contributed by atoms with Crippen LogP contribution in [0.15, 0.2) is 71.2 Å². The summed E-state index contributed by atoms with van der Waals surface area (Å²) in [6, 6.07) is 13.5. The predicted octanol–water partition coefficient (Wildman–Crippen LogP) is 4.63. The monoisotopic (exact) mass is 401 g/mol. The summed E-state index contributed by atoms with van der Waals surface area (Å²) in [4.78, 5) is 30.8. The Morgan fingerprint density at radius 3 is 2.50 bits per heavy atom. The third-order valence-corrected chi connectivity index (χ3v) is 5.80. The molecular formula is C25H27N3O2. The molecule has 1 aromatic carbocycles. The van der Waals surface area contributed by atoms with Crippen molar-refractivity contribution >= 4 is 17.5 Å². The van der Waals surface area contributed by atoms with Crippen LogP contribution in [-0.2, 0) is 9.59 Å². The van der Waals surface area contributed by atoms with E-state index >= 15 is 0 Å². The Bertz CT molecular complexity index is 1060. The predicted molar refractivity (Wildman–Crippen MR) is 118 cm³/mol.